The Morgan fingerprint density at radius 3 is 2.59 bits per heavy atom. The van der Waals surface area contributed by atoms with E-state index in [1.165, 1.54) is 19.2 Å². The van der Waals surface area contributed by atoms with Crippen molar-refractivity contribution in [2.45, 2.75) is 19.1 Å². The Kier molecular flexibility index (Phi) is 2.92. The summed E-state index contributed by atoms with van der Waals surface area (Å²) in [4.78, 5) is 4.09. The Morgan fingerprint density at radius 1 is 1.29 bits per heavy atom. The van der Waals surface area contributed by atoms with Gasteiger partial charge in [0.05, 0.1) is 5.69 Å². The number of pyridine rings is 1. The standard InChI is InChI=1S/C12H11F3N2/c1-8-6-9(10-4-2-3-5-16-10)7-17-11(8)12(13,14)15/h2-7,11,17H,1H3. The Balaban J connectivity index is 2.25. The quantitative estimate of drug-likeness (QED) is 0.816. The number of dihydropyridines is 1. The van der Waals surface area contributed by atoms with E-state index >= 15 is 0 Å². The number of nitrogens with one attached hydrogen (secondary N) is 1. The number of halogens is 3. The minimum Gasteiger partial charge on any atom is -0.376 e. The second-order valence-corrected chi connectivity index (χ2v) is 3.84. The first-order chi connectivity index (χ1) is 7.98. The van der Waals surface area contributed by atoms with Gasteiger partial charge in [0.2, 0.25) is 0 Å². The fraction of sp³-hybridized carbons (Fsp3) is 0.250. The van der Waals surface area contributed by atoms with Gasteiger partial charge in [-0.3, -0.25) is 4.98 Å². The molecular weight excluding hydrogens is 229 g/mol. The van der Waals surface area contributed by atoms with Gasteiger partial charge in [-0.15, -0.1) is 0 Å². The highest BCUT2D eigenvalue weighted by atomic mass is 19.4. The van der Waals surface area contributed by atoms with Crippen molar-refractivity contribution < 1.29 is 13.2 Å². The maximum absolute atomic E-state index is 12.6. The molecular formula is C12H11F3N2. The Morgan fingerprint density at radius 2 is 2.06 bits per heavy atom. The van der Waals surface area contributed by atoms with Crippen molar-refractivity contribution in [3.63, 3.8) is 0 Å². The van der Waals surface area contributed by atoms with Crippen molar-refractivity contribution in [1.29, 1.82) is 0 Å². The van der Waals surface area contributed by atoms with Gasteiger partial charge in [0.25, 0.3) is 0 Å². The second kappa shape index (κ2) is 4.24. The molecule has 0 amide bonds. The van der Waals surface area contributed by atoms with Crippen LogP contribution in [0.3, 0.4) is 0 Å². The summed E-state index contributed by atoms with van der Waals surface area (Å²) in [7, 11) is 0. The van der Waals surface area contributed by atoms with Crippen LogP contribution in [-0.4, -0.2) is 17.2 Å². The molecule has 1 aliphatic heterocycles. The van der Waals surface area contributed by atoms with Crippen LogP contribution in [-0.2, 0) is 0 Å². The number of nitrogens with zero attached hydrogens (tertiary/aromatic N) is 1. The van der Waals surface area contributed by atoms with E-state index in [1.54, 1.807) is 24.4 Å². The van der Waals surface area contributed by atoms with Gasteiger partial charge in [-0.25, -0.2) is 0 Å². The van der Waals surface area contributed by atoms with Crippen LogP contribution in [0.1, 0.15) is 12.6 Å². The van der Waals surface area contributed by atoms with Gasteiger partial charge in [-0.2, -0.15) is 13.2 Å². The summed E-state index contributed by atoms with van der Waals surface area (Å²) in [6, 6.07) is 3.71. The molecule has 0 fully saturated rings. The van der Waals surface area contributed by atoms with E-state index in [9.17, 15) is 13.2 Å². The van der Waals surface area contributed by atoms with Crippen molar-refractivity contribution in [3.05, 3.63) is 47.9 Å². The topological polar surface area (TPSA) is 24.9 Å². The lowest BCUT2D eigenvalue weighted by molar-refractivity contribution is -0.144. The van der Waals surface area contributed by atoms with E-state index in [0.29, 0.717) is 11.3 Å². The lowest BCUT2D eigenvalue weighted by atomic mass is 10.00. The van der Waals surface area contributed by atoms with Crippen LogP contribution in [0.15, 0.2) is 42.2 Å². The van der Waals surface area contributed by atoms with Crippen molar-refractivity contribution >= 4 is 5.57 Å². The predicted octanol–water partition coefficient (Wildman–Crippen LogP) is 2.90. The third kappa shape index (κ3) is 2.49. The molecule has 0 aliphatic carbocycles. The molecule has 1 atom stereocenters. The van der Waals surface area contributed by atoms with Crippen molar-refractivity contribution in [3.8, 4) is 0 Å². The molecule has 0 aromatic carbocycles. The van der Waals surface area contributed by atoms with Gasteiger partial charge >= 0.3 is 6.18 Å². The van der Waals surface area contributed by atoms with Gasteiger partial charge in [0.15, 0.2) is 0 Å². The average Bonchev–Trinajstić information content (AvgIpc) is 2.28. The number of alkyl halides is 3. The molecule has 1 N–H and O–H groups in total. The smallest absolute Gasteiger partial charge is 0.376 e. The van der Waals surface area contributed by atoms with Crippen molar-refractivity contribution in [1.82, 2.24) is 10.3 Å². The summed E-state index contributed by atoms with van der Waals surface area (Å²) in [5, 5.41) is 2.36. The molecule has 2 nitrogen and oxygen atoms in total. The van der Waals surface area contributed by atoms with Crippen LogP contribution >= 0.6 is 0 Å². The van der Waals surface area contributed by atoms with E-state index in [1.807, 2.05) is 0 Å². The Bertz CT molecular complexity index is 460. The summed E-state index contributed by atoms with van der Waals surface area (Å²) < 4.78 is 37.7. The van der Waals surface area contributed by atoms with Crippen molar-refractivity contribution in [2.75, 3.05) is 0 Å². The molecule has 2 heterocycles. The average molecular weight is 240 g/mol. The van der Waals surface area contributed by atoms with Crippen LogP contribution < -0.4 is 5.32 Å². The normalized spacial score (nSPS) is 20.4. The molecule has 0 bridgehead atoms. The Labute approximate surface area is 96.9 Å². The highest BCUT2D eigenvalue weighted by molar-refractivity contribution is 5.73. The van der Waals surface area contributed by atoms with Crippen LogP contribution in [0.2, 0.25) is 0 Å². The first-order valence-corrected chi connectivity index (χ1v) is 5.11. The highest BCUT2D eigenvalue weighted by Gasteiger charge is 2.41. The molecule has 17 heavy (non-hydrogen) atoms. The fourth-order valence-electron chi connectivity index (χ4n) is 1.71. The molecule has 1 aromatic heterocycles. The SMILES string of the molecule is CC1=CC(c2ccccn2)=CNC1C(F)(F)F. The molecule has 5 heteroatoms. The summed E-state index contributed by atoms with van der Waals surface area (Å²) in [5.41, 5.74) is 1.55. The van der Waals surface area contributed by atoms with E-state index in [4.69, 9.17) is 0 Å². The summed E-state index contributed by atoms with van der Waals surface area (Å²) in [6.07, 6.45) is 0.201. The lowest BCUT2D eigenvalue weighted by Crippen LogP contribution is -2.41. The second-order valence-electron chi connectivity index (χ2n) is 3.84. The van der Waals surface area contributed by atoms with Gasteiger partial charge < -0.3 is 5.32 Å². The number of rotatable bonds is 1. The number of hydrogen-bond acceptors (Lipinski definition) is 2. The van der Waals surface area contributed by atoms with Crippen LogP contribution in [0, 0.1) is 0 Å². The zero-order valence-electron chi connectivity index (χ0n) is 9.12. The summed E-state index contributed by atoms with van der Waals surface area (Å²) in [5.74, 6) is 0. The number of aromatic nitrogens is 1. The maximum Gasteiger partial charge on any atom is 0.412 e. The van der Waals surface area contributed by atoms with E-state index in [-0.39, 0.29) is 5.57 Å². The molecule has 0 saturated heterocycles. The fourth-order valence-corrected chi connectivity index (χ4v) is 1.71. The van der Waals surface area contributed by atoms with Crippen molar-refractivity contribution in [2.24, 2.45) is 0 Å². The Hall–Kier alpha value is -1.78. The third-order valence-electron chi connectivity index (χ3n) is 2.53. The van der Waals surface area contributed by atoms with Gasteiger partial charge in [-0.1, -0.05) is 12.1 Å². The van der Waals surface area contributed by atoms with E-state index < -0.39 is 12.2 Å². The lowest BCUT2D eigenvalue weighted by Gasteiger charge is -2.25. The largest absolute Gasteiger partial charge is 0.412 e. The monoisotopic (exact) mass is 240 g/mol. The minimum atomic E-state index is -4.27. The molecule has 90 valence electrons. The molecule has 0 radical (unpaired) electrons. The van der Waals surface area contributed by atoms with Gasteiger partial charge in [0.1, 0.15) is 6.04 Å². The summed E-state index contributed by atoms with van der Waals surface area (Å²) >= 11 is 0. The molecule has 2 rings (SSSR count). The van der Waals surface area contributed by atoms with Gasteiger partial charge in [-0.05, 0) is 24.6 Å². The predicted molar refractivity (Wildman–Crippen MR) is 58.9 cm³/mol. The van der Waals surface area contributed by atoms with Crippen LogP contribution in [0.5, 0.6) is 0 Å². The van der Waals surface area contributed by atoms with E-state index in [2.05, 4.69) is 10.3 Å². The van der Waals surface area contributed by atoms with Crippen LogP contribution in [0.25, 0.3) is 5.57 Å². The maximum atomic E-state index is 12.6. The molecule has 1 unspecified atom stereocenters. The number of allylic oxidation sites excluding steroid dienone is 2. The molecule has 0 spiro atoms. The summed E-state index contributed by atoms with van der Waals surface area (Å²) in [6.45, 7) is 1.46. The minimum absolute atomic E-state index is 0.237. The molecule has 1 aromatic rings. The van der Waals surface area contributed by atoms with Gasteiger partial charge in [0, 0.05) is 18.0 Å². The highest BCUT2D eigenvalue weighted by Crippen LogP contribution is 2.30. The van der Waals surface area contributed by atoms with E-state index in [0.717, 1.165) is 0 Å². The molecule has 0 saturated carbocycles. The molecule has 1 aliphatic rings. The third-order valence-corrected chi connectivity index (χ3v) is 2.53. The first kappa shape index (κ1) is 11.7. The first-order valence-electron chi connectivity index (χ1n) is 5.11. The zero-order valence-corrected chi connectivity index (χ0v) is 9.12. The number of hydrogen-bond donors (Lipinski definition) is 1. The van der Waals surface area contributed by atoms with Crippen LogP contribution in [0.4, 0.5) is 13.2 Å². The zero-order chi connectivity index (χ0) is 12.5.